The number of para-hydroxylation sites is 1. The molecule has 0 aromatic heterocycles. The van der Waals surface area contributed by atoms with Crippen molar-refractivity contribution in [2.75, 3.05) is 17.2 Å². The van der Waals surface area contributed by atoms with E-state index in [2.05, 4.69) is 10.1 Å². The van der Waals surface area contributed by atoms with E-state index in [9.17, 15) is 9.59 Å². The second kappa shape index (κ2) is 16.0. The number of aryl methyl sites for hydroxylation is 1. The van der Waals surface area contributed by atoms with E-state index < -0.39 is 5.97 Å². The van der Waals surface area contributed by atoms with Gasteiger partial charge in [-0.15, -0.1) is 11.8 Å². The Bertz CT molecular complexity index is 1790. The third kappa shape index (κ3) is 8.52. The Morgan fingerprint density at radius 1 is 0.761 bits per heavy atom. The van der Waals surface area contributed by atoms with Crippen LogP contribution in [0.2, 0.25) is 5.02 Å². The molecule has 0 aliphatic carbocycles. The topological polar surface area (TPSA) is 85.0 Å². The molecule has 2 N–H and O–H groups in total. The first-order valence-electron chi connectivity index (χ1n) is 14.9. The molecule has 0 amide bonds. The molecule has 5 aromatic carbocycles. The van der Waals surface area contributed by atoms with Crippen LogP contribution in [-0.2, 0) is 9.63 Å². The van der Waals surface area contributed by atoms with Gasteiger partial charge in [0, 0.05) is 38.1 Å². The molecule has 0 aliphatic rings. The van der Waals surface area contributed by atoms with Crippen LogP contribution in [0.3, 0.4) is 0 Å². The maximum Gasteiger partial charge on any atom is 0.348 e. The van der Waals surface area contributed by atoms with Crippen LogP contribution in [0.5, 0.6) is 0 Å². The van der Waals surface area contributed by atoms with Gasteiger partial charge in [0.05, 0.1) is 12.3 Å². The number of oxime groups is 1. The smallest absolute Gasteiger partial charge is 0.321 e. The molecule has 0 aliphatic heterocycles. The van der Waals surface area contributed by atoms with E-state index in [1.807, 2.05) is 134 Å². The van der Waals surface area contributed by atoms with Crippen molar-refractivity contribution in [1.29, 1.82) is 0 Å². The molecule has 0 spiro atoms. The van der Waals surface area contributed by atoms with Gasteiger partial charge in [0.2, 0.25) is 0 Å². The zero-order valence-corrected chi connectivity index (χ0v) is 27.0. The van der Waals surface area contributed by atoms with E-state index in [1.165, 1.54) is 0 Å². The van der Waals surface area contributed by atoms with Crippen molar-refractivity contribution in [1.82, 2.24) is 0 Å². The summed E-state index contributed by atoms with van der Waals surface area (Å²) in [5.74, 6) is 0.256. The lowest BCUT2D eigenvalue weighted by molar-refractivity contribution is -0.141. The van der Waals surface area contributed by atoms with Crippen LogP contribution in [0.4, 0.5) is 17.1 Å². The highest BCUT2D eigenvalue weighted by atomic mass is 35.5. The summed E-state index contributed by atoms with van der Waals surface area (Å²) in [5, 5.41) is 4.89. The van der Waals surface area contributed by atoms with Crippen molar-refractivity contribution in [3.05, 3.63) is 155 Å². The van der Waals surface area contributed by atoms with Gasteiger partial charge in [-0.2, -0.15) is 0 Å². The van der Waals surface area contributed by atoms with Gasteiger partial charge in [-0.25, -0.2) is 4.79 Å². The summed E-state index contributed by atoms with van der Waals surface area (Å²) in [6.45, 7) is 1.70. The fourth-order valence-electron chi connectivity index (χ4n) is 4.92. The number of nitrogens with two attached hydrogens (primary N) is 1. The number of ketones is 1. The van der Waals surface area contributed by atoms with E-state index >= 15 is 0 Å². The second-order valence-electron chi connectivity index (χ2n) is 10.5. The molecule has 8 heteroatoms. The molecule has 0 saturated carbocycles. The normalized spacial score (nSPS) is 11.2. The highest BCUT2D eigenvalue weighted by Gasteiger charge is 2.16. The Morgan fingerprint density at radius 3 is 1.98 bits per heavy atom. The summed E-state index contributed by atoms with van der Waals surface area (Å²) in [4.78, 5) is 33.4. The molecular weight excluding hydrogens is 614 g/mol. The molecule has 5 aromatic rings. The van der Waals surface area contributed by atoms with Gasteiger partial charge in [0.25, 0.3) is 0 Å². The first-order chi connectivity index (χ1) is 22.4. The maximum atomic E-state index is 13.2. The van der Waals surface area contributed by atoms with Crippen LogP contribution in [0, 0.1) is 6.92 Å². The Hall–Kier alpha value is -4.69. The van der Waals surface area contributed by atoms with E-state index in [1.54, 1.807) is 11.8 Å². The van der Waals surface area contributed by atoms with Gasteiger partial charge >= 0.3 is 5.97 Å². The van der Waals surface area contributed by atoms with Crippen LogP contribution >= 0.6 is 23.4 Å². The number of nitrogens with zero attached hydrogens (tertiary/aromatic N) is 2. The average Bonchev–Trinajstić information content (AvgIpc) is 3.10. The third-order valence-electron chi connectivity index (χ3n) is 7.32. The number of halogens is 1. The van der Waals surface area contributed by atoms with Crippen LogP contribution in [-0.4, -0.2) is 29.8 Å². The summed E-state index contributed by atoms with van der Waals surface area (Å²) < 4.78 is 0. The Balaban J connectivity index is 1.37. The van der Waals surface area contributed by atoms with Crippen molar-refractivity contribution in [2.24, 2.45) is 10.9 Å². The molecule has 0 atom stereocenters. The summed E-state index contributed by atoms with van der Waals surface area (Å²) in [6, 6.07) is 41.0. The lowest BCUT2D eigenvalue weighted by Crippen LogP contribution is -2.15. The molecular formula is C38H34ClN3O3S. The van der Waals surface area contributed by atoms with E-state index in [0.717, 1.165) is 45.3 Å². The molecule has 5 rings (SSSR count). The van der Waals surface area contributed by atoms with E-state index in [-0.39, 0.29) is 12.3 Å². The number of anilines is 3. The standard InChI is InChI=1S/C38H34ClN3O3S/c1-27-8-5-6-11-35(27)38(44)29-15-21-33(22-16-29)42(31-9-3-2-4-10-31)32-19-13-28(14-20-32)36(41-45-37(43)26-40)12-7-25-46-34-23-17-30(39)18-24-34/h2-6,8-11,13-24H,7,12,25-26,40H2,1H3/b41-36+. The molecule has 0 radical (unpaired) electrons. The van der Waals surface area contributed by atoms with Gasteiger partial charge in [0.15, 0.2) is 5.78 Å². The summed E-state index contributed by atoms with van der Waals surface area (Å²) in [5.41, 5.74) is 12.0. The number of benzene rings is 5. The number of thioether (sulfide) groups is 1. The molecule has 6 nitrogen and oxygen atoms in total. The molecule has 0 saturated heterocycles. The quantitative estimate of drug-likeness (QED) is 0.0343. The van der Waals surface area contributed by atoms with Crippen LogP contribution in [0.1, 0.15) is 39.9 Å². The van der Waals surface area contributed by atoms with Crippen molar-refractivity contribution >= 4 is 57.9 Å². The minimum atomic E-state index is -0.593. The van der Waals surface area contributed by atoms with E-state index in [4.69, 9.17) is 22.2 Å². The molecule has 0 fully saturated rings. The van der Waals surface area contributed by atoms with Crippen molar-refractivity contribution in [3.63, 3.8) is 0 Å². The summed E-state index contributed by atoms with van der Waals surface area (Å²) in [6.07, 6.45) is 1.42. The van der Waals surface area contributed by atoms with Gasteiger partial charge in [-0.05, 0) is 109 Å². The minimum Gasteiger partial charge on any atom is -0.321 e. The van der Waals surface area contributed by atoms with Gasteiger partial charge in [-0.3, -0.25) is 4.79 Å². The first-order valence-corrected chi connectivity index (χ1v) is 16.3. The first kappa shape index (κ1) is 32.7. The second-order valence-corrected chi connectivity index (χ2v) is 12.1. The predicted octanol–water partition coefficient (Wildman–Crippen LogP) is 9.13. The molecule has 232 valence electrons. The molecule has 46 heavy (non-hydrogen) atoms. The van der Waals surface area contributed by atoms with E-state index in [0.29, 0.717) is 28.3 Å². The fraction of sp³-hybridized carbons (Fsp3) is 0.132. The van der Waals surface area contributed by atoms with Crippen molar-refractivity contribution in [3.8, 4) is 0 Å². The maximum absolute atomic E-state index is 13.2. The average molecular weight is 648 g/mol. The SMILES string of the molecule is Cc1ccccc1C(=O)c1ccc(N(c2ccccc2)c2ccc(/C(CCCSc3ccc(Cl)cc3)=N/OC(=O)CN)cc2)cc1. The third-order valence-corrected chi connectivity index (χ3v) is 8.67. The minimum absolute atomic E-state index is 0.00557. The van der Waals surface area contributed by atoms with Gasteiger partial charge in [0.1, 0.15) is 0 Å². The van der Waals surface area contributed by atoms with Crippen LogP contribution in [0.25, 0.3) is 0 Å². The molecule has 0 heterocycles. The molecule has 0 bridgehead atoms. The number of carbonyl (C=O) groups excluding carboxylic acids is 2. The fourth-order valence-corrected chi connectivity index (χ4v) is 5.90. The number of hydrogen-bond acceptors (Lipinski definition) is 7. The lowest BCUT2D eigenvalue weighted by atomic mass is 9.99. The highest BCUT2D eigenvalue weighted by molar-refractivity contribution is 7.99. The zero-order chi connectivity index (χ0) is 32.3. The van der Waals surface area contributed by atoms with Crippen molar-refractivity contribution < 1.29 is 14.4 Å². The van der Waals surface area contributed by atoms with Gasteiger partial charge < -0.3 is 15.5 Å². The predicted molar refractivity (Wildman–Crippen MR) is 189 cm³/mol. The Morgan fingerprint density at radius 2 is 1.35 bits per heavy atom. The lowest BCUT2D eigenvalue weighted by Gasteiger charge is -2.26. The number of carbonyl (C=O) groups is 2. The monoisotopic (exact) mass is 647 g/mol. The highest BCUT2D eigenvalue weighted by Crippen LogP contribution is 2.35. The summed E-state index contributed by atoms with van der Waals surface area (Å²) in [7, 11) is 0. The molecule has 0 unspecified atom stereocenters. The van der Waals surface area contributed by atoms with Crippen LogP contribution in [0.15, 0.2) is 137 Å². The van der Waals surface area contributed by atoms with Gasteiger partial charge in [-0.1, -0.05) is 71.4 Å². The van der Waals surface area contributed by atoms with Crippen LogP contribution < -0.4 is 10.6 Å². The number of rotatable bonds is 13. The zero-order valence-electron chi connectivity index (χ0n) is 25.4. The Kier molecular flexibility index (Phi) is 11.4. The number of hydrogen-bond donors (Lipinski definition) is 1. The largest absolute Gasteiger partial charge is 0.348 e. The van der Waals surface area contributed by atoms with Crippen molar-refractivity contribution in [2.45, 2.75) is 24.7 Å². The Labute approximate surface area is 278 Å². The summed E-state index contributed by atoms with van der Waals surface area (Å²) >= 11 is 7.74.